The SMILES string of the molecule is CCCOCCO.[LiH]. The second-order valence-electron chi connectivity index (χ2n) is 1.34. The molecule has 3 heteroatoms. The Morgan fingerprint density at radius 2 is 2.00 bits per heavy atom. The van der Waals surface area contributed by atoms with E-state index in [0.717, 1.165) is 13.0 Å². The van der Waals surface area contributed by atoms with Crippen LogP contribution in [0.3, 0.4) is 0 Å². The summed E-state index contributed by atoms with van der Waals surface area (Å²) in [5.41, 5.74) is 0. The van der Waals surface area contributed by atoms with Crippen LogP contribution in [0.1, 0.15) is 13.3 Å². The van der Waals surface area contributed by atoms with Crippen LogP contribution < -0.4 is 0 Å². The van der Waals surface area contributed by atoms with Crippen LogP contribution in [-0.4, -0.2) is 43.8 Å². The minimum atomic E-state index is 0. The van der Waals surface area contributed by atoms with Crippen molar-refractivity contribution in [2.24, 2.45) is 0 Å². The van der Waals surface area contributed by atoms with Gasteiger partial charge in [0.15, 0.2) is 0 Å². The molecule has 0 saturated heterocycles. The van der Waals surface area contributed by atoms with Crippen molar-refractivity contribution in [3.8, 4) is 0 Å². The summed E-state index contributed by atoms with van der Waals surface area (Å²) in [7, 11) is 0. The molecule has 1 N–H and O–H groups in total. The predicted molar refractivity (Wildman–Crippen MR) is 35.3 cm³/mol. The first-order valence-electron chi connectivity index (χ1n) is 2.60. The van der Waals surface area contributed by atoms with Crippen LogP contribution >= 0.6 is 0 Å². The Morgan fingerprint density at radius 1 is 1.38 bits per heavy atom. The first-order valence-corrected chi connectivity index (χ1v) is 2.60. The van der Waals surface area contributed by atoms with Crippen LogP contribution in [0.2, 0.25) is 0 Å². The molecule has 8 heavy (non-hydrogen) atoms. The zero-order valence-electron chi connectivity index (χ0n) is 4.68. The maximum absolute atomic E-state index is 8.17. The molecule has 0 rings (SSSR count). The fraction of sp³-hybridized carbons (Fsp3) is 1.00. The van der Waals surface area contributed by atoms with Gasteiger partial charge in [0.25, 0.3) is 0 Å². The molecule has 0 atom stereocenters. The van der Waals surface area contributed by atoms with Crippen LogP contribution in [0.15, 0.2) is 0 Å². The van der Waals surface area contributed by atoms with Crippen molar-refractivity contribution in [2.75, 3.05) is 19.8 Å². The summed E-state index contributed by atoms with van der Waals surface area (Å²) in [6, 6.07) is 0. The van der Waals surface area contributed by atoms with E-state index in [0.29, 0.717) is 6.61 Å². The Bertz CT molecular complexity index is 29.6. The molecule has 0 bridgehead atoms. The van der Waals surface area contributed by atoms with E-state index in [-0.39, 0.29) is 25.5 Å². The van der Waals surface area contributed by atoms with Gasteiger partial charge in [0, 0.05) is 6.61 Å². The zero-order chi connectivity index (χ0) is 5.54. The average molecular weight is 112 g/mol. The van der Waals surface area contributed by atoms with Crippen molar-refractivity contribution in [3.63, 3.8) is 0 Å². The van der Waals surface area contributed by atoms with Gasteiger partial charge in [-0.15, -0.1) is 0 Å². The second-order valence-corrected chi connectivity index (χ2v) is 1.34. The molecular weight excluding hydrogens is 99.0 g/mol. The van der Waals surface area contributed by atoms with E-state index in [4.69, 9.17) is 9.84 Å². The molecule has 0 aromatic carbocycles. The maximum atomic E-state index is 8.17. The summed E-state index contributed by atoms with van der Waals surface area (Å²) < 4.78 is 4.88. The molecule has 0 saturated carbocycles. The summed E-state index contributed by atoms with van der Waals surface area (Å²) in [5, 5.41) is 8.17. The number of hydrogen-bond acceptors (Lipinski definition) is 2. The van der Waals surface area contributed by atoms with E-state index < -0.39 is 0 Å². The van der Waals surface area contributed by atoms with Crippen LogP contribution in [-0.2, 0) is 4.74 Å². The molecule has 0 spiro atoms. The van der Waals surface area contributed by atoms with Gasteiger partial charge in [0.05, 0.1) is 13.2 Å². The van der Waals surface area contributed by atoms with Gasteiger partial charge in [0.2, 0.25) is 0 Å². The average Bonchev–Trinajstić information content (AvgIpc) is 1.69. The molecule has 0 unspecified atom stereocenters. The molecule has 0 aromatic heterocycles. The molecule has 0 fully saturated rings. The van der Waals surface area contributed by atoms with E-state index in [1.165, 1.54) is 0 Å². The Hall–Kier alpha value is 0.517. The van der Waals surface area contributed by atoms with Crippen molar-refractivity contribution in [1.29, 1.82) is 0 Å². The van der Waals surface area contributed by atoms with Crippen LogP contribution in [0, 0.1) is 0 Å². The topological polar surface area (TPSA) is 29.5 Å². The summed E-state index contributed by atoms with van der Waals surface area (Å²) >= 11 is 0. The third-order valence-electron chi connectivity index (χ3n) is 0.584. The first-order chi connectivity index (χ1) is 3.41. The van der Waals surface area contributed by atoms with Crippen molar-refractivity contribution in [1.82, 2.24) is 0 Å². The third kappa shape index (κ3) is 9.72. The summed E-state index contributed by atoms with van der Waals surface area (Å²) in [6.45, 7) is 3.42. The molecule has 46 valence electrons. The zero-order valence-corrected chi connectivity index (χ0v) is 4.68. The van der Waals surface area contributed by atoms with Crippen molar-refractivity contribution in [3.05, 3.63) is 0 Å². The standard InChI is InChI=1S/C5H12O2.Li.H/c1-2-4-7-5-3-6;;/h6H,2-5H2,1H3;;. The number of aliphatic hydroxyl groups is 1. The number of aliphatic hydroxyl groups excluding tert-OH is 1. The first kappa shape index (κ1) is 11.3. The van der Waals surface area contributed by atoms with E-state index in [9.17, 15) is 0 Å². The van der Waals surface area contributed by atoms with E-state index in [1.54, 1.807) is 0 Å². The van der Waals surface area contributed by atoms with Gasteiger partial charge in [-0.2, -0.15) is 0 Å². The fourth-order valence-electron chi connectivity index (χ4n) is 0.311. The van der Waals surface area contributed by atoms with Gasteiger partial charge in [-0.3, -0.25) is 0 Å². The Labute approximate surface area is 62.4 Å². The molecule has 0 aliphatic rings. The monoisotopic (exact) mass is 112 g/mol. The van der Waals surface area contributed by atoms with Crippen molar-refractivity contribution >= 4 is 18.9 Å². The van der Waals surface area contributed by atoms with E-state index >= 15 is 0 Å². The van der Waals surface area contributed by atoms with Crippen molar-refractivity contribution < 1.29 is 9.84 Å². The molecule has 2 nitrogen and oxygen atoms in total. The Kier molecular flexibility index (Phi) is 14.9. The Morgan fingerprint density at radius 3 is 2.38 bits per heavy atom. The molecule has 0 aromatic rings. The summed E-state index contributed by atoms with van der Waals surface area (Å²) in [5.74, 6) is 0. The fourth-order valence-corrected chi connectivity index (χ4v) is 0.311. The minimum absolute atomic E-state index is 0. The van der Waals surface area contributed by atoms with E-state index in [2.05, 4.69) is 0 Å². The molecule has 0 radical (unpaired) electrons. The number of ether oxygens (including phenoxy) is 1. The second kappa shape index (κ2) is 10.5. The molecule has 0 aliphatic heterocycles. The van der Waals surface area contributed by atoms with Gasteiger partial charge in [0.1, 0.15) is 0 Å². The normalized spacial score (nSPS) is 8.25. The summed E-state index contributed by atoms with van der Waals surface area (Å²) in [6.07, 6.45) is 1.03. The Balaban J connectivity index is 0. The van der Waals surface area contributed by atoms with Crippen molar-refractivity contribution in [2.45, 2.75) is 13.3 Å². The summed E-state index contributed by atoms with van der Waals surface area (Å²) in [4.78, 5) is 0. The quantitative estimate of drug-likeness (QED) is 0.401. The predicted octanol–water partition coefficient (Wildman–Crippen LogP) is -0.243. The van der Waals surface area contributed by atoms with Gasteiger partial charge in [-0.1, -0.05) is 6.92 Å². The van der Waals surface area contributed by atoms with Gasteiger partial charge < -0.3 is 9.84 Å². The molecular formula is C5H13LiO2. The van der Waals surface area contributed by atoms with Crippen LogP contribution in [0.4, 0.5) is 0 Å². The van der Waals surface area contributed by atoms with Gasteiger partial charge in [-0.05, 0) is 6.42 Å². The number of rotatable bonds is 4. The third-order valence-corrected chi connectivity index (χ3v) is 0.584. The van der Waals surface area contributed by atoms with Crippen LogP contribution in [0.5, 0.6) is 0 Å². The van der Waals surface area contributed by atoms with Gasteiger partial charge in [-0.25, -0.2) is 0 Å². The van der Waals surface area contributed by atoms with E-state index in [1.807, 2.05) is 6.92 Å². The van der Waals surface area contributed by atoms with Crippen LogP contribution in [0.25, 0.3) is 0 Å². The molecule has 0 amide bonds. The molecule has 0 heterocycles. The molecule has 0 aliphatic carbocycles. The number of hydrogen-bond donors (Lipinski definition) is 1. The van der Waals surface area contributed by atoms with Gasteiger partial charge >= 0.3 is 18.9 Å².